The summed E-state index contributed by atoms with van der Waals surface area (Å²) in [6, 6.07) is 4.25. The molecule has 3 N–H and O–H groups in total. The molecule has 0 aliphatic carbocycles. The van der Waals surface area contributed by atoms with E-state index >= 15 is 0 Å². The Bertz CT molecular complexity index is 463. The Morgan fingerprint density at radius 1 is 1.11 bits per heavy atom. The van der Waals surface area contributed by atoms with E-state index < -0.39 is 18.0 Å². The van der Waals surface area contributed by atoms with Crippen molar-refractivity contribution < 1.29 is 14.7 Å². The molecule has 19 heavy (non-hydrogen) atoms. The molecule has 1 aromatic rings. The van der Waals surface area contributed by atoms with E-state index in [0.717, 1.165) is 11.1 Å². The lowest BCUT2D eigenvalue weighted by Gasteiger charge is -2.18. The lowest BCUT2D eigenvalue weighted by Crippen LogP contribution is -2.46. The first-order valence-corrected chi connectivity index (χ1v) is 6.18. The number of carboxylic acids is 1. The molecular formula is C14H20N2O3. The van der Waals surface area contributed by atoms with Gasteiger partial charge in [0.15, 0.2) is 0 Å². The number of urea groups is 1. The van der Waals surface area contributed by atoms with Crippen molar-refractivity contribution in [3.8, 4) is 0 Å². The summed E-state index contributed by atoms with van der Waals surface area (Å²) >= 11 is 0. The molecule has 0 aromatic heterocycles. The molecule has 104 valence electrons. The third-order valence-corrected chi connectivity index (χ3v) is 2.70. The van der Waals surface area contributed by atoms with Crippen LogP contribution in [-0.4, -0.2) is 23.1 Å². The Hall–Kier alpha value is -2.04. The number of rotatable bonds is 4. The Kier molecular flexibility index (Phi) is 4.92. The molecule has 1 rings (SSSR count). The number of hydrogen-bond donors (Lipinski definition) is 3. The molecule has 0 bridgehead atoms. The monoisotopic (exact) mass is 264 g/mol. The van der Waals surface area contributed by atoms with Gasteiger partial charge >= 0.3 is 12.0 Å². The van der Waals surface area contributed by atoms with Crippen LogP contribution in [0.15, 0.2) is 18.2 Å². The van der Waals surface area contributed by atoms with Crippen molar-refractivity contribution in [1.82, 2.24) is 5.32 Å². The second-order valence-electron chi connectivity index (χ2n) is 5.03. The van der Waals surface area contributed by atoms with Crippen LogP contribution >= 0.6 is 0 Å². The van der Waals surface area contributed by atoms with Gasteiger partial charge in [-0.1, -0.05) is 19.9 Å². The molecule has 0 saturated heterocycles. The van der Waals surface area contributed by atoms with E-state index in [1.807, 2.05) is 32.0 Å². The minimum Gasteiger partial charge on any atom is -0.480 e. The topological polar surface area (TPSA) is 78.4 Å². The molecule has 5 heteroatoms. The maximum Gasteiger partial charge on any atom is 0.326 e. The minimum atomic E-state index is -1.04. The summed E-state index contributed by atoms with van der Waals surface area (Å²) in [5.74, 6) is -1.21. The van der Waals surface area contributed by atoms with Gasteiger partial charge < -0.3 is 15.7 Å². The van der Waals surface area contributed by atoms with E-state index in [1.165, 1.54) is 0 Å². The molecular weight excluding hydrogens is 244 g/mol. The van der Waals surface area contributed by atoms with Crippen molar-refractivity contribution in [1.29, 1.82) is 0 Å². The number of carboxylic acid groups (broad SMARTS) is 1. The molecule has 0 radical (unpaired) electrons. The van der Waals surface area contributed by atoms with Crippen LogP contribution in [0.4, 0.5) is 10.5 Å². The van der Waals surface area contributed by atoms with Gasteiger partial charge in [-0.25, -0.2) is 9.59 Å². The summed E-state index contributed by atoms with van der Waals surface area (Å²) in [6.45, 7) is 7.36. The van der Waals surface area contributed by atoms with Crippen LogP contribution < -0.4 is 10.6 Å². The number of anilines is 1. The van der Waals surface area contributed by atoms with Crippen molar-refractivity contribution in [2.45, 2.75) is 33.7 Å². The maximum absolute atomic E-state index is 11.8. The van der Waals surface area contributed by atoms with E-state index in [0.29, 0.717) is 5.69 Å². The molecule has 0 spiro atoms. The van der Waals surface area contributed by atoms with Crippen LogP contribution in [0.3, 0.4) is 0 Å². The summed E-state index contributed by atoms with van der Waals surface area (Å²) in [6.07, 6.45) is 0. The molecule has 2 amide bonds. The first-order chi connectivity index (χ1) is 8.79. The minimum absolute atomic E-state index is 0.178. The van der Waals surface area contributed by atoms with Gasteiger partial charge in [0.1, 0.15) is 6.04 Å². The van der Waals surface area contributed by atoms with Crippen molar-refractivity contribution in [3.63, 3.8) is 0 Å². The molecule has 0 aliphatic heterocycles. The molecule has 0 heterocycles. The van der Waals surface area contributed by atoms with E-state index in [2.05, 4.69) is 10.6 Å². The third kappa shape index (κ3) is 4.62. The summed E-state index contributed by atoms with van der Waals surface area (Å²) in [5, 5.41) is 14.1. The zero-order chi connectivity index (χ0) is 14.6. The SMILES string of the molecule is Cc1cc(C)cc(NC(=O)N[C@@H](C(=O)O)C(C)C)c1. The number of benzene rings is 1. The third-order valence-electron chi connectivity index (χ3n) is 2.70. The number of carbonyl (C=O) groups is 2. The molecule has 0 saturated carbocycles. The number of aryl methyl sites for hydroxylation is 2. The smallest absolute Gasteiger partial charge is 0.326 e. The van der Waals surface area contributed by atoms with Gasteiger partial charge in [0.2, 0.25) is 0 Å². The van der Waals surface area contributed by atoms with Gasteiger partial charge in [0.05, 0.1) is 0 Å². The molecule has 0 unspecified atom stereocenters. The average molecular weight is 264 g/mol. The molecule has 1 atom stereocenters. The Balaban J connectivity index is 2.71. The first-order valence-electron chi connectivity index (χ1n) is 6.18. The fourth-order valence-corrected chi connectivity index (χ4v) is 1.87. The van der Waals surface area contributed by atoms with Gasteiger partial charge in [-0.3, -0.25) is 0 Å². The van der Waals surface area contributed by atoms with E-state index in [-0.39, 0.29) is 5.92 Å². The van der Waals surface area contributed by atoms with Crippen LogP contribution in [0.1, 0.15) is 25.0 Å². The largest absolute Gasteiger partial charge is 0.480 e. The van der Waals surface area contributed by atoms with Gasteiger partial charge in [0, 0.05) is 5.69 Å². The first kappa shape index (κ1) is 15.0. The lowest BCUT2D eigenvalue weighted by atomic mass is 10.1. The standard InChI is InChI=1S/C14H20N2O3/c1-8(2)12(13(17)18)16-14(19)15-11-6-9(3)5-10(4)7-11/h5-8,12H,1-4H3,(H,17,18)(H2,15,16,19)/t12-/m1/s1. The van der Waals surface area contributed by atoms with E-state index in [9.17, 15) is 9.59 Å². The number of nitrogens with one attached hydrogen (secondary N) is 2. The van der Waals surface area contributed by atoms with Crippen LogP contribution in [0.5, 0.6) is 0 Å². The zero-order valence-electron chi connectivity index (χ0n) is 11.7. The number of carbonyl (C=O) groups excluding carboxylic acids is 1. The highest BCUT2D eigenvalue weighted by Gasteiger charge is 2.23. The zero-order valence-corrected chi connectivity index (χ0v) is 11.7. The number of hydrogen-bond acceptors (Lipinski definition) is 2. The number of amides is 2. The van der Waals surface area contributed by atoms with Crippen LogP contribution in [0.25, 0.3) is 0 Å². The maximum atomic E-state index is 11.8. The van der Waals surface area contributed by atoms with Gasteiger partial charge in [-0.2, -0.15) is 0 Å². The average Bonchev–Trinajstić information content (AvgIpc) is 2.23. The summed E-state index contributed by atoms with van der Waals surface area (Å²) < 4.78 is 0. The second kappa shape index (κ2) is 6.22. The van der Waals surface area contributed by atoms with Crippen LogP contribution in [0, 0.1) is 19.8 Å². The van der Waals surface area contributed by atoms with Crippen molar-refractivity contribution in [2.24, 2.45) is 5.92 Å². The van der Waals surface area contributed by atoms with Gasteiger partial charge in [-0.05, 0) is 43.0 Å². The van der Waals surface area contributed by atoms with Crippen molar-refractivity contribution >= 4 is 17.7 Å². The predicted molar refractivity (Wildman–Crippen MR) is 74.3 cm³/mol. The summed E-state index contributed by atoms with van der Waals surface area (Å²) in [4.78, 5) is 22.8. The number of aliphatic carboxylic acids is 1. The fourth-order valence-electron chi connectivity index (χ4n) is 1.87. The van der Waals surface area contributed by atoms with Crippen LogP contribution in [0.2, 0.25) is 0 Å². The highest BCUT2D eigenvalue weighted by Crippen LogP contribution is 2.13. The summed E-state index contributed by atoms with van der Waals surface area (Å²) in [7, 11) is 0. The van der Waals surface area contributed by atoms with Crippen LogP contribution in [-0.2, 0) is 4.79 Å². The highest BCUT2D eigenvalue weighted by atomic mass is 16.4. The van der Waals surface area contributed by atoms with E-state index in [1.54, 1.807) is 13.8 Å². The normalized spacial score (nSPS) is 12.1. The predicted octanol–water partition coefficient (Wildman–Crippen LogP) is 2.53. The van der Waals surface area contributed by atoms with E-state index in [4.69, 9.17) is 5.11 Å². The highest BCUT2D eigenvalue weighted by molar-refractivity contribution is 5.92. The Labute approximate surface area is 113 Å². The Morgan fingerprint density at radius 3 is 2.05 bits per heavy atom. The van der Waals surface area contributed by atoms with Gasteiger partial charge in [-0.15, -0.1) is 0 Å². The molecule has 0 aliphatic rings. The molecule has 5 nitrogen and oxygen atoms in total. The van der Waals surface area contributed by atoms with Crippen molar-refractivity contribution in [3.05, 3.63) is 29.3 Å². The van der Waals surface area contributed by atoms with Gasteiger partial charge in [0.25, 0.3) is 0 Å². The Morgan fingerprint density at radius 2 is 1.63 bits per heavy atom. The quantitative estimate of drug-likeness (QED) is 0.782. The summed E-state index contributed by atoms with van der Waals surface area (Å²) in [5.41, 5.74) is 2.73. The lowest BCUT2D eigenvalue weighted by molar-refractivity contribution is -0.140. The molecule has 1 aromatic carbocycles. The second-order valence-corrected chi connectivity index (χ2v) is 5.03. The molecule has 0 fully saturated rings. The fraction of sp³-hybridized carbons (Fsp3) is 0.429. The van der Waals surface area contributed by atoms with Crippen molar-refractivity contribution in [2.75, 3.05) is 5.32 Å².